The van der Waals surface area contributed by atoms with Gasteiger partial charge < -0.3 is 5.32 Å². The van der Waals surface area contributed by atoms with Crippen molar-refractivity contribution in [3.63, 3.8) is 0 Å². The van der Waals surface area contributed by atoms with Crippen LogP contribution in [0.15, 0.2) is 0 Å². The Hall–Kier alpha value is -0.0800. The summed E-state index contributed by atoms with van der Waals surface area (Å²) in [6.45, 7) is 7.35. The summed E-state index contributed by atoms with van der Waals surface area (Å²) in [5.41, 5.74) is 0. The van der Waals surface area contributed by atoms with Gasteiger partial charge in [0.05, 0.1) is 0 Å². The van der Waals surface area contributed by atoms with Crippen LogP contribution in [0.3, 0.4) is 0 Å². The first kappa shape index (κ1) is 12.4. The van der Waals surface area contributed by atoms with E-state index in [0.29, 0.717) is 0 Å². The van der Waals surface area contributed by atoms with Crippen LogP contribution in [0.25, 0.3) is 0 Å². The van der Waals surface area contributed by atoms with Gasteiger partial charge in [-0.05, 0) is 51.2 Å². The van der Waals surface area contributed by atoms with Gasteiger partial charge in [-0.2, -0.15) is 0 Å². The summed E-state index contributed by atoms with van der Waals surface area (Å²) in [7, 11) is 0. The van der Waals surface area contributed by atoms with Crippen molar-refractivity contribution >= 4 is 0 Å². The topological polar surface area (TPSA) is 15.3 Å². The molecule has 1 saturated heterocycles. The molecular formula is C14H28N2. The Labute approximate surface area is 101 Å². The zero-order valence-corrected chi connectivity index (χ0v) is 10.9. The highest BCUT2D eigenvalue weighted by Crippen LogP contribution is 2.23. The van der Waals surface area contributed by atoms with Gasteiger partial charge in [0, 0.05) is 12.6 Å². The Bertz CT molecular complexity index is 187. The van der Waals surface area contributed by atoms with Gasteiger partial charge >= 0.3 is 0 Å². The van der Waals surface area contributed by atoms with E-state index in [4.69, 9.17) is 0 Å². The minimum Gasteiger partial charge on any atom is -0.315 e. The average Bonchev–Trinajstić information content (AvgIpc) is 2.78. The largest absolute Gasteiger partial charge is 0.315 e. The van der Waals surface area contributed by atoms with Gasteiger partial charge in [-0.25, -0.2) is 0 Å². The fourth-order valence-electron chi connectivity index (χ4n) is 3.39. The van der Waals surface area contributed by atoms with Crippen LogP contribution in [0.4, 0.5) is 0 Å². The number of likely N-dealkylation sites (N-methyl/N-ethyl adjacent to an activating group) is 1. The number of hydrogen-bond donors (Lipinski definition) is 1. The molecule has 1 aliphatic carbocycles. The summed E-state index contributed by atoms with van der Waals surface area (Å²) in [5, 5.41) is 3.72. The molecule has 1 aliphatic heterocycles. The fourth-order valence-corrected chi connectivity index (χ4v) is 3.39. The molecule has 2 rings (SSSR count). The Morgan fingerprint density at radius 1 is 1.00 bits per heavy atom. The minimum atomic E-state index is 0.827. The molecule has 1 saturated carbocycles. The monoisotopic (exact) mass is 224 g/mol. The molecule has 16 heavy (non-hydrogen) atoms. The molecule has 2 heteroatoms. The third-order valence-corrected chi connectivity index (χ3v) is 4.44. The second-order valence-corrected chi connectivity index (χ2v) is 5.59. The predicted molar refractivity (Wildman–Crippen MR) is 69.7 cm³/mol. The Balaban J connectivity index is 1.59. The van der Waals surface area contributed by atoms with Crippen molar-refractivity contribution in [2.75, 3.05) is 26.2 Å². The molecule has 0 aromatic heterocycles. The molecule has 1 atom stereocenters. The second-order valence-electron chi connectivity index (χ2n) is 5.59. The standard InChI is InChI=1S/C14H28N2/c1-2-16-10-6-9-14(16)12-15-11-13-7-4-3-5-8-13/h13-15H,2-12H2,1H3/t14-/m1/s1. The first-order valence-corrected chi connectivity index (χ1v) is 7.35. The van der Waals surface area contributed by atoms with E-state index >= 15 is 0 Å². The highest BCUT2D eigenvalue weighted by molar-refractivity contribution is 4.80. The second kappa shape index (κ2) is 6.61. The first-order chi connectivity index (χ1) is 7.90. The van der Waals surface area contributed by atoms with E-state index in [1.165, 1.54) is 71.1 Å². The molecule has 0 aromatic carbocycles. The molecule has 0 radical (unpaired) electrons. The maximum absolute atomic E-state index is 3.72. The van der Waals surface area contributed by atoms with Gasteiger partial charge in [-0.1, -0.05) is 26.2 Å². The minimum absolute atomic E-state index is 0.827. The van der Waals surface area contributed by atoms with E-state index in [0.717, 1.165) is 12.0 Å². The molecule has 2 nitrogen and oxygen atoms in total. The van der Waals surface area contributed by atoms with Crippen LogP contribution in [-0.2, 0) is 0 Å². The highest BCUT2D eigenvalue weighted by Gasteiger charge is 2.22. The number of rotatable bonds is 5. The summed E-state index contributed by atoms with van der Waals surface area (Å²) in [6.07, 6.45) is 10.2. The van der Waals surface area contributed by atoms with Crippen LogP contribution in [0.2, 0.25) is 0 Å². The Kier molecular flexibility index (Phi) is 5.11. The molecule has 0 bridgehead atoms. The number of nitrogens with one attached hydrogen (secondary N) is 1. The van der Waals surface area contributed by atoms with Crippen LogP contribution in [-0.4, -0.2) is 37.1 Å². The Morgan fingerprint density at radius 2 is 1.81 bits per heavy atom. The summed E-state index contributed by atoms with van der Waals surface area (Å²) in [4.78, 5) is 2.63. The van der Waals surface area contributed by atoms with Crippen LogP contribution in [0.5, 0.6) is 0 Å². The van der Waals surface area contributed by atoms with Gasteiger partial charge in [0.2, 0.25) is 0 Å². The summed E-state index contributed by atoms with van der Waals surface area (Å²) < 4.78 is 0. The van der Waals surface area contributed by atoms with E-state index in [1.807, 2.05) is 0 Å². The maximum atomic E-state index is 3.72. The van der Waals surface area contributed by atoms with Crippen molar-refractivity contribution in [1.29, 1.82) is 0 Å². The molecule has 94 valence electrons. The number of likely N-dealkylation sites (tertiary alicyclic amines) is 1. The lowest BCUT2D eigenvalue weighted by Gasteiger charge is -2.26. The Morgan fingerprint density at radius 3 is 2.56 bits per heavy atom. The van der Waals surface area contributed by atoms with Crippen LogP contribution in [0, 0.1) is 5.92 Å². The molecule has 0 aromatic rings. The van der Waals surface area contributed by atoms with Gasteiger partial charge in [0.1, 0.15) is 0 Å². The number of hydrogen-bond acceptors (Lipinski definition) is 2. The molecule has 0 amide bonds. The molecule has 0 spiro atoms. The highest BCUT2D eigenvalue weighted by atomic mass is 15.2. The normalized spacial score (nSPS) is 28.7. The van der Waals surface area contributed by atoms with E-state index in [1.54, 1.807) is 0 Å². The van der Waals surface area contributed by atoms with Gasteiger partial charge in [-0.15, -0.1) is 0 Å². The van der Waals surface area contributed by atoms with Crippen molar-refractivity contribution in [2.24, 2.45) is 5.92 Å². The van der Waals surface area contributed by atoms with Crippen LogP contribution in [0.1, 0.15) is 51.9 Å². The molecule has 2 fully saturated rings. The predicted octanol–water partition coefficient (Wildman–Crippen LogP) is 2.64. The zero-order chi connectivity index (χ0) is 11.2. The van der Waals surface area contributed by atoms with Crippen LogP contribution >= 0.6 is 0 Å². The fraction of sp³-hybridized carbons (Fsp3) is 1.00. The molecule has 0 unspecified atom stereocenters. The lowest BCUT2D eigenvalue weighted by Crippen LogP contribution is -2.39. The van der Waals surface area contributed by atoms with Gasteiger partial charge in [0.15, 0.2) is 0 Å². The number of nitrogens with zero attached hydrogens (tertiary/aromatic N) is 1. The lowest BCUT2D eigenvalue weighted by atomic mass is 9.89. The van der Waals surface area contributed by atoms with Crippen molar-refractivity contribution in [1.82, 2.24) is 10.2 Å². The van der Waals surface area contributed by atoms with Crippen molar-refractivity contribution in [3.05, 3.63) is 0 Å². The smallest absolute Gasteiger partial charge is 0.0220 e. The van der Waals surface area contributed by atoms with Crippen molar-refractivity contribution in [3.8, 4) is 0 Å². The summed E-state index contributed by atoms with van der Waals surface area (Å²) in [6, 6.07) is 0.827. The van der Waals surface area contributed by atoms with Crippen molar-refractivity contribution < 1.29 is 0 Å². The molecule has 1 N–H and O–H groups in total. The average molecular weight is 224 g/mol. The lowest BCUT2D eigenvalue weighted by molar-refractivity contribution is 0.251. The van der Waals surface area contributed by atoms with E-state index < -0.39 is 0 Å². The van der Waals surface area contributed by atoms with E-state index in [-0.39, 0.29) is 0 Å². The molecular weight excluding hydrogens is 196 g/mol. The third kappa shape index (κ3) is 3.46. The van der Waals surface area contributed by atoms with Gasteiger partial charge in [0.25, 0.3) is 0 Å². The maximum Gasteiger partial charge on any atom is 0.0220 e. The first-order valence-electron chi connectivity index (χ1n) is 7.35. The molecule has 1 heterocycles. The van der Waals surface area contributed by atoms with E-state index in [2.05, 4.69) is 17.1 Å². The quantitative estimate of drug-likeness (QED) is 0.772. The van der Waals surface area contributed by atoms with E-state index in [9.17, 15) is 0 Å². The van der Waals surface area contributed by atoms with Gasteiger partial charge in [-0.3, -0.25) is 4.90 Å². The van der Waals surface area contributed by atoms with Crippen molar-refractivity contribution in [2.45, 2.75) is 57.9 Å². The summed E-state index contributed by atoms with van der Waals surface area (Å²) in [5.74, 6) is 0.977. The third-order valence-electron chi connectivity index (χ3n) is 4.44. The summed E-state index contributed by atoms with van der Waals surface area (Å²) >= 11 is 0. The zero-order valence-electron chi connectivity index (χ0n) is 10.9. The van der Waals surface area contributed by atoms with Crippen LogP contribution < -0.4 is 5.32 Å². The SMILES string of the molecule is CCN1CCC[C@@H]1CNCC1CCCCC1. The molecule has 2 aliphatic rings.